The maximum absolute atomic E-state index is 13.1. The third-order valence-electron chi connectivity index (χ3n) is 4.13. The first kappa shape index (κ1) is 20.2. The minimum atomic E-state index is -4.62. The Morgan fingerprint density at radius 1 is 1.07 bits per heavy atom. The molecule has 3 rings (SSSR count). The summed E-state index contributed by atoms with van der Waals surface area (Å²) in [5.41, 5.74) is -0.435. The predicted octanol–water partition coefficient (Wildman–Crippen LogP) is 4.31. The normalized spacial score (nSPS) is 11.2. The summed E-state index contributed by atoms with van der Waals surface area (Å²) in [6.07, 6.45) is -4.62. The van der Waals surface area contributed by atoms with E-state index in [1.807, 2.05) is 0 Å². The van der Waals surface area contributed by atoms with E-state index >= 15 is 0 Å². The van der Waals surface area contributed by atoms with E-state index in [9.17, 15) is 18.0 Å². The average Bonchev–Trinajstić information content (AvgIpc) is 3.20. The summed E-state index contributed by atoms with van der Waals surface area (Å²) < 4.78 is 54.8. The van der Waals surface area contributed by atoms with Gasteiger partial charge in [-0.15, -0.1) is 0 Å². The molecular formula is C20H17F3N2O4. The Hall–Kier alpha value is -3.49. The van der Waals surface area contributed by atoms with Crippen molar-refractivity contribution in [3.63, 3.8) is 0 Å². The highest BCUT2D eigenvalue weighted by Crippen LogP contribution is 2.33. The summed E-state index contributed by atoms with van der Waals surface area (Å²) in [5.74, 6) is 0.603. The van der Waals surface area contributed by atoms with E-state index in [4.69, 9.17) is 14.0 Å². The van der Waals surface area contributed by atoms with E-state index in [-0.39, 0.29) is 6.54 Å². The van der Waals surface area contributed by atoms with Crippen molar-refractivity contribution in [2.45, 2.75) is 12.7 Å². The molecule has 29 heavy (non-hydrogen) atoms. The molecule has 2 aromatic carbocycles. The highest BCUT2D eigenvalue weighted by Gasteiger charge is 2.34. The Kier molecular flexibility index (Phi) is 5.76. The maximum Gasteiger partial charge on any atom is 0.417 e. The summed E-state index contributed by atoms with van der Waals surface area (Å²) in [5, 5.41) is 6.27. The lowest BCUT2D eigenvalue weighted by Gasteiger charge is -2.12. The van der Waals surface area contributed by atoms with Crippen LogP contribution in [0.25, 0.3) is 11.3 Å². The molecule has 0 spiro atoms. The first-order valence-electron chi connectivity index (χ1n) is 8.46. The second-order valence-corrected chi connectivity index (χ2v) is 5.98. The second-order valence-electron chi connectivity index (χ2n) is 5.98. The van der Waals surface area contributed by atoms with Crippen LogP contribution in [0.4, 0.5) is 13.2 Å². The molecule has 1 heterocycles. The van der Waals surface area contributed by atoms with Crippen molar-refractivity contribution in [3.8, 4) is 22.8 Å². The zero-order valence-electron chi connectivity index (χ0n) is 15.5. The van der Waals surface area contributed by atoms with Crippen LogP contribution in [0.5, 0.6) is 11.5 Å². The largest absolute Gasteiger partial charge is 0.493 e. The molecule has 1 amide bonds. The summed E-state index contributed by atoms with van der Waals surface area (Å²) in [7, 11) is 3.02. The van der Waals surface area contributed by atoms with Gasteiger partial charge in [0.15, 0.2) is 17.3 Å². The monoisotopic (exact) mass is 406 g/mol. The maximum atomic E-state index is 13.1. The molecule has 3 aromatic rings. The van der Waals surface area contributed by atoms with Crippen LogP contribution < -0.4 is 14.8 Å². The Labute approximate surface area is 164 Å². The molecule has 152 valence electrons. The topological polar surface area (TPSA) is 73.6 Å². The zero-order valence-corrected chi connectivity index (χ0v) is 15.5. The van der Waals surface area contributed by atoms with E-state index in [2.05, 4.69) is 10.5 Å². The molecule has 9 heteroatoms. The molecule has 0 aliphatic heterocycles. The van der Waals surface area contributed by atoms with Crippen molar-refractivity contribution in [1.29, 1.82) is 0 Å². The van der Waals surface area contributed by atoms with Crippen LogP contribution in [0.2, 0.25) is 0 Å². The lowest BCUT2D eigenvalue weighted by molar-refractivity contribution is -0.137. The number of benzene rings is 2. The number of hydrogen-bond donors (Lipinski definition) is 1. The van der Waals surface area contributed by atoms with Crippen molar-refractivity contribution in [3.05, 3.63) is 65.4 Å². The van der Waals surface area contributed by atoms with Crippen LogP contribution in [0.15, 0.2) is 53.1 Å². The van der Waals surface area contributed by atoms with E-state index in [1.165, 1.54) is 26.4 Å². The van der Waals surface area contributed by atoms with Crippen molar-refractivity contribution < 1.29 is 32.0 Å². The van der Waals surface area contributed by atoms with Gasteiger partial charge in [-0.25, -0.2) is 0 Å². The minimum absolute atomic E-state index is 0.0954. The van der Waals surface area contributed by atoms with Gasteiger partial charge in [-0.3, -0.25) is 4.79 Å². The highest BCUT2D eigenvalue weighted by atomic mass is 19.4. The number of amides is 1. The quantitative estimate of drug-likeness (QED) is 0.661. The Bertz CT molecular complexity index is 1010. The number of hydrogen-bond acceptors (Lipinski definition) is 5. The van der Waals surface area contributed by atoms with Crippen LogP contribution in [0, 0.1) is 0 Å². The number of methoxy groups -OCH3 is 2. The zero-order chi connectivity index (χ0) is 21.0. The van der Waals surface area contributed by atoms with Crippen LogP contribution in [-0.4, -0.2) is 25.3 Å². The molecule has 0 atom stereocenters. The van der Waals surface area contributed by atoms with Gasteiger partial charge in [-0.2, -0.15) is 13.2 Å². The summed E-state index contributed by atoms with van der Waals surface area (Å²) in [6.45, 7) is -0.0954. The molecule has 0 aliphatic carbocycles. The average molecular weight is 406 g/mol. The van der Waals surface area contributed by atoms with Gasteiger partial charge in [0, 0.05) is 11.6 Å². The molecule has 0 aliphatic rings. The fourth-order valence-electron chi connectivity index (χ4n) is 2.72. The third-order valence-corrected chi connectivity index (χ3v) is 4.13. The molecule has 0 unspecified atom stereocenters. The van der Waals surface area contributed by atoms with Crippen molar-refractivity contribution >= 4 is 5.91 Å². The number of nitrogens with one attached hydrogen (secondary N) is 1. The van der Waals surface area contributed by atoms with Crippen LogP contribution >= 0.6 is 0 Å². The smallest absolute Gasteiger partial charge is 0.417 e. The molecule has 0 fully saturated rings. The van der Waals surface area contributed by atoms with Gasteiger partial charge in [0.05, 0.1) is 31.9 Å². The SMILES string of the molecule is COc1ccc(-c2cc(CNC(=O)c3ccccc3C(F)(F)F)no2)cc1OC. The number of aromatic nitrogens is 1. The van der Waals surface area contributed by atoms with Crippen molar-refractivity contribution in [2.75, 3.05) is 14.2 Å². The summed E-state index contributed by atoms with van der Waals surface area (Å²) in [6, 6.07) is 11.3. The molecule has 1 N–H and O–H groups in total. The molecule has 0 saturated carbocycles. The van der Waals surface area contributed by atoms with Crippen LogP contribution in [0.1, 0.15) is 21.6 Å². The standard InChI is InChI=1S/C20H17F3N2O4/c1-27-16-8-7-12(9-18(16)28-2)17-10-13(25-29-17)11-24-19(26)14-5-3-4-6-15(14)20(21,22)23/h3-10H,11H2,1-2H3,(H,24,26). The first-order valence-corrected chi connectivity index (χ1v) is 8.46. The molecule has 0 saturated heterocycles. The number of rotatable bonds is 6. The summed E-state index contributed by atoms with van der Waals surface area (Å²) in [4.78, 5) is 12.2. The van der Waals surface area contributed by atoms with E-state index < -0.39 is 23.2 Å². The fourth-order valence-corrected chi connectivity index (χ4v) is 2.72. The van der Waals surface area contributed by atoms with Crippen LogP contribution in [-0.2, 0) is 12.7 Å². The number of ether oxygens (including phenoxy) is 2. The first-order chi connectivity index (χ1) is 13.8. The lowest BCUT2D eigenvalue weighted by Crippen LogP contribution is -2.26. The second kappa shape index (κ2) is 8.26. The Morgan fingerprint density at radius 3 is 2.48 bits per heavy atom. The van der Waals surface area contributed by atoms with Gasteiger partial charge in [0.2, 0.25) is 0 Å². The Balaban J connectivity index is 1.73. The Morgan fingerprint density at radius 2 is 1.79 bits per heavy atom. The fraction of sp³-hybridized carbons (Fsp3) is 0.200. The lowest BCUT2D eigenvalue weighted by atomic mass is 10.1. The minimum Gasteiger partial charge on any atom is -0.493 e. The number of halogens is 3. The van der Waals surface area contributed by atoms with Gasteiger partial charge in [-0.1, -0.05) is 17.3 Å². The summed E-state index contributed by atoms with van der Waals surface area (Å²) >= 11 is 0. The molecule has 6 nitrogen and oxygen atoms in total. The molecular weight excluding hydrogens is 389 g/mol. The van der Waals surface area contributed by atoms with Gasteiger partial charge in [0.25, 0.3) is 5.91 Å². The number of alkyl halides is 3. The van der Waals surface area contributed by atoms with E-state index in [0.29, 0.717) is 28.5 Å². The predicted molar refractivity (Wildman–Crippen MR) is 97.7 cm³/mol. The molecule has 0 radical (unpaired) electrons. The van der Waals surface area contributed by atoms with Gasteiger partial charge in [-0.05, 0) is 30.3 Å². The van der Waals surface area contributed by atoms with Gasteiger partial charge < -0.3 is 19.3 Å². The van der Waals surface area contributed by atoms with E-state index in [1.54, 1.807) is 24.3 Å². The highest BCUT2D eigenvalue weighted by molar-refractivity contribution is 5.95. The molecule has 0 bridgehead atoms. The van der Waals surface area contributed by atoms with Gasteiger partial charge in [0.1, 0.15) is 5.69 Å². The van der Waals surface area contributed by atoms with E-state index in [0.717, 1.165) is 12.1 Å². The van der Waals surface area contributed by atoms with Crippen molar-refractivity contribution in [1.82, 2.24) is 10.5 Å². The molecule has 1 aromatic heterocycles. The number of carbonyl (C=O) groups is 1. The third kappa shape index (κ3) is 4.50. The number of nitrogens with zero attached hydrogens (tertiary/aromatic N) is 1. The van der Waals surface area contributed by atoms with Crippen LogP contribution in [0.3, 0.4) is 0 Å². The van der Waals surface area contributed by atoms with Crippen molar-refractivity contribution in [2.24, 2.45) is 0 Å². The van der Waals surface area contributed by atoms with Gasteiger partial charge >= 0.3 is 6.18 Å². The number of carbonyl (C=O) groups excluding carboxylic acids is 1.